The van der Waals surface area contributed by atoms with Gasteiger partial charge in [-0.2, -0.15) is 5.10 Å². The van der Waals surface area contributed by atoms with Crippen LogP contribution in [0.2, 0.25) is 0 Å². The Morgan fingerprint density at radius 1 is 1.40 bits per heavy atom. The van der Waals surface area contributed by atoms with E-state index in [-0.39, 0.29) is 18.1 Å². The minimum absolute atomic E-state index is 0.113. The molecule has 0 saturated carbocycles. The third-order valence-corrected chi connectivity index (χ3v) is 2.83. The smallest absolute Gasteiger partial charge is 0.350 e. The molecule has 3 aromatic heterocycles. The topological polar surface area (TPSA) is 97.1 Å². The van der Waals surface area contributed by atoms with Crippen LogP contribution in [0, 0.1) is 0 Å². The summed E-state index contributed by atoms with van der Waals surface area (Å²) in [6.07, 6.45) is 4.93. The van der Waals surface area contributed by atoms with E-state index < -0.39 is 0 Å². The molecule has 3 heterocycles. The molecule has 0 aliphatic carbocycles. The Hall–Kier alpha value is -2.90. The Morgan fingerprint density at radius 2 is 2.30 bits per heavy atom. The largest absolute Gasteiger partial charge is 0.350 e. The van der Waals surface area contributed by atoms with Gasteiger partial charge in [0, 0.05) is 24.5 Å². The second-order valence-electron chi connectivity index (χ2n) is 4.25. The SMILES string of the molecule is O=C(Cn1nc2ccccn2c1=O)NCc1cn[nH]c1. The molecule has 0 aliphatic heterocycles. The summed E-state index contributed by atoms with van der Waals surface area (Å²) < 4.78 is 2.53. The van der Waals surface area contributed by atoms with Crippen LogP contribution in [0.3, 0.4) is 0 Å². The summed E-state index contributed by atoms with van der Waals surface area (Å²) in [5.74, 6) is -0.281. The molecule has 0 aromatic carbocycles. The Bertz CT molecular complexity index is 786. The second kappa shape index (κ2) is 5.00. The Labute approximate surface area is 113 Å². The van der Waals surface area contributed by atoms with E-state index in [1.54, 1.807) is 36.8 Å². The molecule has 0 fully saturated rings. The van der Waals surface area contributed by atoms with Crippen LogP contribution in [0.4, 0.5) is 0 Å². The zero-order valence-electron chi connectivity index (χ0n) is 10.5. The number of pyridine rings is 1. The molecule has 20 heavy (non-hydrogen) atoms. The van der Waals surface area contributed by atoms with Crippen LogP contribution in [0.15, 0.2) is 41.6 Å². The third-order valence-electron chi connectivity index (χ3n) is 2.83. The van der Waals surface area contributed by atoms with Crippen molar-refractivity contribution in [2.45, 2.75) is 13.1 Å². The van der Waals surface area contributed by atoms with Gasteiger partial charge in [0.1, 0.15) is 6.54 Å². The number of rotatable bonds is 4. The van der Waals surface area contributed by atoms with Gasteiger partial charge in [-0.3, -0.25) is 14.3 Å². The minimum Gasteiger partial charge on any atom is -0.350 e. The highest BCUT2D eigenvalue weighted by Crippen LogP contribution is 1.95. The van der Waals surface area contributed by atoms with E-state index >= 15 is 0 Å². The quantitative estimate of drug-likeness (QED) is 0.671. The summed E-state index contributed by atoms with van der Waals surface area (Å²) in [7, 11) is 0. The zero-order valence-corrected chi connectivity index (χ0v) is 10.5. The molecule has 0 aliphatic rings. The van der Waals surface area contributed by atoms with E-state index in [0.717, 1.165) is 10.2 Å². The number of H-pyrrole nitrogens is 1. The molecular weight excluding hydrogens is 260 g/mol. The third kappa shape index (κ3) is 2.30. The fourth-order valence-electron chi connectivity index (χ4n) is 1.84. The predicted molar refractivity (Wildman–Crippen MR) is 69.9 cm³/mol. The van der Waals surface area contributed by atoms with Crippen molar-refractivity contribution in [1.29, 1.82) is 0 Å². The van der Waals surface area contributed by atoms with Crippen LogP contribution < -0.4 is 11.0 Å². The summed E-state index contributed by atoms with van der Waals surface area (Å²) in [6.45, 7) is 0.246. The number of hydrogen-bond donors (Lipinski definition) is 2. The van der Waals surface area contributed by atoms with Gasteiger partial charge in [-0.1, -0.05) is 6.07 Å². The van der Waals surface area contributed by atoms with Gasteiger partial charge in [0.15, 0.2) is 5.65 Å². The summed E-state index contributed by atoms with van der Waals surface area (Å²) in [5, 5.41) is 13.2. The lowest BCUT2D eigenvalue weighted by atomic mass is 10.3. The van der Waals surface area contributed by atoms with Crippen molar-refractivity contribution in [3.05, 3.63) is 52.8 Å². The Morgan fingerprint density at radius 3 is 3.05 bits per heavy atom. The van der Waals surface area contributed by atoms with Gasteiger partial charge in [0.05, 0.1) is 6.20 Å². The molecule has 8 nitrogen and oxygen atoms in total. The number of fused-ring (bicyclic) bond motifs is 1. The molecule has 102 valence electrons. The van der Waals surface area contributed by atoms with E-state index in [2.05, 4.69) is 20.6 Å². The monoisotopic (exact) mass is 272 g/mol. The summed E-state index contributed by atoms with van der Waals surface area (Å²) in [4.78, 5) is 23.8. The molecule has 1 amide bonds. The van der Waals surface area contributed by atoms with E-state index in [1.165, 1.54) is 4.40 Å². The maximum Gasteiger partial charge on any atom is 0.350 e. The van der Waals surface area contributed by atoms with E-state index in [1.807, 2.05) is 0 Å². The number of aromatic nitrogens is 5. The molecule has 0 radical (unpaired) electrons. The number of hydrogen-bond acceptors (Lipinski definition) is 4. The van der Waals surface area contributed by atoms with Crippen LogP contribution in [0.5, 0.6) is 0 Å². The predicted octanol–water partition coefficient (Wildman–Crippen LogP) is -0.465. The Kier molecular flexibility index (Phi) is 3.04. The number of carbonyl (C=O) groups is 1. The van der Waals surface area contributed by atoms with Crippen molar-refractivity contribution >= 4 is 11.6 Å². The van der Waals surface area contributed by atoms with Crippen molar-refractivity contribution in [1.82, 2.24) is 29.7 Å². The first-order valence-electron chi connectivity index (χ1n) is 6.02. The molecule has 0 atom stereocenters. The summed E-state index contributed by atoms with van der Waals surface area (Å²) in [6, 6.07) is 5.23. The molecule has 3 rings (SSSR count). The van der Waals surface area contributed by atoms with Crippen LogP contribution in [-0.2, 0) is 17.9 Å². The molecule has 2 N–H and O–H groups in total. The fourth-order valence-corrected chi connectivity index (χ4v) is 1.84. The fraction of sp³-hybridized carbons (Fsp3) is 0.167. The zero-order chi connectivity index (χ0) is 13.9. The van der Waals surface area contributed by atoms with Crippen LogP contribution in [0.25, 0.3) is 5.65 Å². The summed E-state index contributed by atoms with van der Waals surface area (Å²) in [5.41, 5.74) is 1.04. The molecular formula is C12H12N6O2. The van der Waals surface area contributed by atoms with Gasteiger partial charge < -0.3 is 5.32 Å². The van der Waals surface area contributed by atoms with Crippen LogP contribution >= 0.6 is 0 Å². The van der Waals surface area contributed by atoms with Gasteiger partial charge >= 0.3 is 5.69 Å². The van der Waals surface area contributed by atoms with E-state index in [9.17, 15) is 9.59 Å². The van der Waals surface area contributed by atoms with E-state index in [0.29, 0.717) is 12.2 Å². The average molecular weight is 272 g/mol. The van der Waals surface area contributed by atoms with Crippen LogP contribution in [-0.4, -0.2) is 30.3 Å². The average Bonchev–Trinajstić information content (AvgIpc) is 3.07. The van der Waals surface area contributed by atoms with Crippen molar-refractivity contribution < 1.29 is 4.79 Å². The van der Waals surface area contributed by atoms with Crippen LogP contribution in [0.1, 0.15) is 5.56 Å². The number of amides is 1. The van der Waals surface area contributed by atoms with Crippen molar-refractivity contribution in [3.8, 4) is 0 Å². The highest BCUT2D eigenvalue weighted by Gasteiger charge is 2.10. The molecule has 0 saturated heterocycles. The van der Waals surface area contributed by atoms with Crippen molar-refractivity contribution in [2.24, 2.45) is 0 Å². The lowest BCUT2D eigenvalue weighted by molar-refractivity contribution is -0.122. The van der Waals surface area contributed by atoms with Gasteiger partial charge in [0.2, 0.25) is 5.91 Å². The molecule has 8 heteroatoms. The van der Waals surface area contributed by atoms with Gasteiger partial charge in [0.25, 0.3) is 0 Å². The van der Waals surface area contributed by atoms with Crippen molar-refractivity contribution in [2.75, 3.05) is 0 Å². The number of nitrogens with one attached hydrogen (secondary N) is 2. The number of carbonyl (C=O) groups excluding carboxylic acids is 1. The van der Waals surface area contributed by atoms with Crippen molar-refractivity contribution in [3.63, 3.8) is 0 Å². The maximum atomic E-state index is 12.0. The van der Waals surface area contributed by atoms with Gasteiger partial charge in [-0.15, -0.1) is 5.10 Å². The molecule has 0 spiro atoms. The maximum absolute atomic E-state index is 12.0. The second-order valence-corrected chi connectivity index (χ2v) is 4.25. The number of nitrogens with zero attached hydrogens (tertiary/aromatic N) is 4. The minimum atomic E-state index is -0.334. The van der Waals surface area contributed by atoms with Gasteiger partial charge in [-0.05, 0) is 12.1 Å². The lowest BCUT2D eigenvalue weighted by Crippen LogP contribution is -2.32. The first-order chi connectivity index (χ1) is 9.74. The van der Waals surface area contributed by atoms with Gasteiger partial charge in [-0.25, -0.2) is 9.48 Å². The summed E-state index contributed by atoms with van der Waals surface area (Å²) >= 11 is 0. The van der Waals surface area contributed by atoms with E-state index in [4.69, 9.17) is 0 Å². The highest BCUT2D eigenvalue weighted by molar-refractivity contribution is 5.75. The lowest BCUT2D eigenvalue weighted by Gasteiger charge is -2.02. The normalized spacial score (nSPS) is 10.8. The molecule has 3 aromatic rings. The first-order valence-corrected chi connectivity index (χ1v) is 6.02. The highest BCUT2D eigenvalue weighted by atomic mass is 16.2. The molecule has 0 unspecified atom stereocenters. The molecule has 0 bridgehead atoms. The first kappa shape index (κ1) is 12.2. The Balaban J connectivity index is 1.71. The standard InChI is InChI=1S/C12H12N6O2/c19-11(13-5-9-6-14-15-7-9)8-18-12(20)17-4-2-1-3-10(17)16-18/h1-4,6-7H,5,8H2,(H,13,19)(H,14,15). The number of aromatic amines is 1.